The third kappa shape index (κ3) is 6.28. The number of aromatic amines is 1. The van der Waals surface area contributed by atoms with E-state index in [4.69, 9.17) is 0 Å². The lowest BCUT2D eigenvalue weighted by Gasteiger charge is -2.28. The summed E-state index contributed by atoms with van der Waals surface area (Å²) in [6, 6.07) is 2.78. The number of hydrogen-bond acceptors (Lipinski definition) is 6. The van der Waals surface area contributed by atoms with Gasteiger partial charge in [-0.05, 0) is 70.6 Å². The first kappa shape index (κ1) is 26.6. The summed E-state index contributed by atoms with van der Waals surface area (Å²) in [5.41, 5.74) is 5.08. The molecule has 4 aromatic rings. The summed E-state index contributed by atoms with van der Waals surface area (Å²) >= 11 is 0. The number of nitrogens with zero attached hydrogens (tertiary/aromatic N) is 5. The highest BCUT2D eigenvalue weighted by atomic mass is 19.4. The van der Waals surface area contributed by atoms with Crippen LogP contribution in [0.25, 0.3) is 33.8 Å². The minimum Gasteiger partial charge on any atom is -0.354 e. The number of anilines is 1. The summed E-state index contributed by atoms with van der Waals surface area (Å²) in [5.74, 6) is 1.37. The summed E-state index contributed by atoms with van der Waals surface area (Å²) < 4.78 is 36.0. The van der Waals surface area contributed by atoms with E-state index in [-0.39, 0.29) is 0 Å². The highest BCUT2D eigenvalue weighted by molar-refractivity contribution is 5.94. The van der Waals surface area contributed by atoms with Crippen molar-refractivity contribution >= 4 is 28.6 Å². The van der Waals surface area contributed by atoms with Gasteiger partial charge in [0.05, 0.1) is 11.7 Å². The van der Waals surface area contributed by atoms with Gasteiger partial charge in [0.25, 0.3) is 0 Å². The monoisotopic (exact) mass is 514 g/mol. The molecule has 0 aromatic carbocycles. The Labute approximate surface area is 214 Å². The molecule has 0 spiro atoms. The normalized spacial score (nSPS) is 15.9. The first-order valence-corrected chi connectivity index (χ1v) is 12.3. The first-order valence-electron chi connectivity index (χ1n) is 12.3. The molecular weight excluding hydrogens is 481 g/mol. The maximum atomic E-state index is 11.4. The maximum absolute atomic E-state index is 11.4. The van der Waals surface area contributed by atoms with Crippen molar-refractivity contribution in [2.45, 2.75) is 32.0 Å². The van der Waals surface area contributed by atoms with Crippen molar-refractivity contribution in [3.8, 4) is 11.1 Å². The molecule has 1 aliphatic rings. The van der Waals surface area contributed by atoms with Crippen LogP contribution in [-0.2, 0) is 0 Å². The number of halogens is 3. The summed E-state index contributed by atoms with van der Waals surface area (Å²) in [5, 5.41) is 10.9. The number of nitrogens with one attached hydrogen (secondary N) is 3. The molecule has 11 heteroatoms. The molecule has 0 bridgehead atoms. The van der Waals surface area contributed by atoms with Crippen molar-refractivity contribution in [3.63, 3.8) is 0 Å². The summed E-state index contributed by atoms with van der Waals surface area (Å²) in [4.78, 5) is 14.9. The quantitative estimate of drug-likeness (QED) is 0.342. The number of pyridine rings is 1. The van der Waals surface area contributed by atoms with E-state index in [1.165, 1.54) is 33.0 Å². The first-order chi connectivity index (χ1) is 17.7. The number of H-pyrrole nitrogens is 1. The van der Waals surface area contributed by atoms with Crippen LogP contribution >= 0.6 is 0 Å². The molecule has 5 rings (SSSR count). The van der Waals surface area contributed by atoms with Crippen LogP contribution in [0.1, 0.15) is 25.3 Å². The van der Waals surface area contributed by atoms with Crippen LogP contribution in [0.2, 0.25) is 0 Å². The van der Waals surface area contributed by atoms with Crippen molar-refractivity contribution in [3.05, 3.63) is 49.1 Å². The van der Waals surface area contributed by atoms with Crippen LogP contribution in [0, 0.1) is 5.92 Å². The van der Waals surface area contributed by atoms with Gasteiger partial charge in [0, 0.05) is 41.6 Å². The largest absolute Gasteiger partial charge is 0.403 e. The topological polar surface area (TPSA) is 86.2 Å². The molecule has 37 heavy (non-hydrogen) atoms. The Morgan fingerprint density at radius 2 is 2.03 bits per heavy atom. The predicted molar refractivity (Wildman–Crippen MR) is 141 cm³/mol. The Balaban J connectivity index is 0.000000349. The van der Waals surface area contributed by atoms with Crippen LogP contribution in [0.15, 0.2) is 43.5 Å². The molecule has 1 aliphatic heterocycles. The lowest BCUT2D eigenvalue weighted by atomic mass is 9.97. The summed E-state index contributed by atoms with van der Waals surface area (Å²) in [6.07, 6.45) is 7.86. The second kappa shape index (κ2) is 11.3. The molecule has 4 aromatic heterocycles. The zero-order valence-corrected chi connectivity index (χ0v) is 21.3. The summed E-state index contributed by atoms with van der Waals surface area (Å²) in [6.45, 7) is 8.20. The standard InChI is InChI=1S/C22H25N7.C4H8F3N/c1-3-16-12-26-29-9-6-17(10-20(16)29)18-13-23-21-19(18)14-25-22(27-21)24-11-15-4-7-28(2)8-5-15;1-3(8-2)4(5,6)7/h3,6,9-10,12-15H,1,4-5,7-8,11H2,2H3,(H2,23,24,25,27);3,8H,1-2H3. The number of likely N-dealkylation sites (tertiary alicyclic amines) is 1. The van der Waals surface area contributed by atoms with E-state index in [2.05, 4.69) is 61.3 Å². The lowest BCUT2D eigenvalue weighted by Crippen LogP contribution is -2.36. The molecule has 1 unspecified atom stereocenters. The number of alkyl halides is 3. The smallest absolute Gasteiger partial charge is 0.354 e. The Kier molecular flexibility index (Phi) is 8.13. The second-order valence-corrected chi connectivity index (χ2v) is 9.39. The van der Waals surface area contributed by atoms with Gasteiger partial charge in [-0.25, -0.2) is 9.50 Å². The highest BCUT2D eigenvalue weighted by Crippen LogP contribution is 2.29. The Morgan fingerprint density at radius 1 is 1.27 bits per heavy atom. The minimum absolute atomic E-state index is 0.685. The van der Waals surface area contributed by atoms with Crippen LogP contribution in [-0.4, -0.2) is 75.4 Å². The van der Waals surface area contributed by atoms with Crippen LogP contribution < -0.4 is 10.6 Å². The average Bonchev–Trinajstić information content (AvgIpc) is 3.50. The average molecular weight is 515 g/mol. The molecule has 1 atom stereocenters. The predicted octanol–water partition coefficient (Wildman–Crippen LogP) is 4.83. The number of aromatic nitrogens is 5. The van der Waals surface area contributed by atoms with E-state index < -0.39 is 12.2 Å². The molecule has 1 fully saturated rings. The Hall–Kier alpha value is -3.44. The summed E-state index contributed by atoms with van der Waals surface area (Å²) in [7, 11) is 3.46. The number of piperidine rings is 1. The van der Waals surface area contributed by atoms with E-state index in [0.29, 0.717) is 11.9 Å². The van der Waals surface area contributed by atoms with E-state index >= 15 is 0 Å². The Morgan fingerprint density at radius 3 is 2.68 bits per heavy atom. The lowest BCUT2D eigenvalue weighted by molar-refractivity contribution is -0.150. The second-order valence-electron chi connectivity index (χ2n) is 9.39. The van der Waals surface area contributed by atoms with Crippen molar-refractivity contribution in [2.24, 2.45) is 5.92 Å². The molecule has 0 aliphatic carbocycles. The fourth-order valence-electron chi connectivity index (χ4n) is 4.22. The SMILES string of the molecule is C=Cc1cnn2ccc(-c3c[nH]c4nc(NCC5CCN(C)CC5)ncc34)cc12.CNC(C)C(F)(F)F. The van der Waals surface area contributed by atoms with Gasteiger partial charge in [-0.2, -0.15) is 23.3 Å². The van der Waals surface area contributed by atoms with E-state index in [1.807, 2.05) is 35.4 Å². The minimum atomic E-state index is -4.10. The molecular formula is C26H33F3N8. The van der Waals surface area contributed by atoms with Crippen LogP contribution in [0.4, 0.5) is 19.1 Å². The molecule has 0 amide bonds. The van der Waals surface area contributed by atoms with Gasteiger partial charge >= 0.3 is 6.18 Å². The third-order valence-electron chi connectivity index (χ3n) is 6.83. The molecule has 198 valence electrons. The molecule has 0 saturated carbocycles. The van der Waals surface area contributed by atoms with Gasteiger partial charge in [-0.15, -0.1) is 0 Å². The van der Waals surface area contributed by atoms with E-state index in [0.717, 1.165) is 46.7 Å². The van der Waals surface area contributed by atoms with Gasteiger partial charge in [0.15, 0.2) is 0 Å². The number of hydrogen-bond donors (Lipinski definition) is 3. The fourth-order valence-corrected chi connectivity index (χ4v) is 4.22. The van der Waals surface area contributed by atoms with Gasteiger partial charge < -0.3 is 20.5 Å². The van der Waals surface area contributed by atoms with Gasteiger partial charge in [0.2, 0.25) is 5.95 Å². The van der Waals surface area contributed by atoms with E-state index in [9.17, 15) is 13.2 Å². The zero-order valence-electron chi connectivity index (χ0n) is 21.3. The van der Waals surface area contributed by atoms with Gasteiger partial charge in [-0.1, -0.05) is 12.7 Å². The third-order valence-corrected chi connectivity index (χ3v) is 6.83. The fraction of sp³-hybridized carbons (Fsp3) is 0.423. The van der Waals surface area contributed by atoms with Gasteiger partial charge in [-0.3, -0.25) is 0 Å². The van der Waals surface area contributed by atoms with Crippen LogP contribution in [0.3, 0.4) is 0 Å². The zero-order chi connectivity index (χ0) is 26.6. The molecule has 0 radical (unpaired) electrons. The molecule has 3 N–H and O–H groups in total. The highest BCUT2D eigenvalue weighted by Gasteiger charge is 2.34. The number of fused-ring (bicyclic) bond motifs is 2. The van der Waals surface area contributed by atoms with Crippen molar-refractivity contribution in [1.82, 2.24) is 34.8 Å². The molecule has 8 nitrogen and oxygen atoms in total. The van der Waals surface area contributed by atoms with Crippen LogP contribution in [0.5, 0.6) is 0 Å². The number of rotatable bonds is 6. The Bertz CT molecular complexity index is 1330. The van der Waals surface area contributed by atoms with Crippen molar-refractivity contribution in [2.75, 3.05) is 39.0 Å². The van der Waals surface area contributed by atoms with Crippen molar-refractivity contribution < 1.29 is 13.2 Å². The van der Waals surface area contributed by atoms with Gasteiger partial charge in [0.1, 0.15) is 11.7 Å². The maximum Gasteiger partial charge on any atom is 0.403 e. The van der Waals surface area contributed by atoms with Crippen molar-refractivity contribution in [1.29, 1.82) is 0 Å². The van der Waals surface area contributed by atoms with E-state index in [1.54, 1.807) is 0 Å². The molecule has 5 heterocycles. The molecule has 1 saturated heterocycles.